The van der Waals surface area contributed by atoms with Crippen molar-refractivity contribution in [2.45, 2.75) is 26.9 Å². The fraction of sp³-hybridized carbons (Fsp3) is 0.174. The number of hydrogen-bond donors (Lipinski definition) is 0. The third-order valence-electron chi connectivity index (χ3n) is 5.60. The summed E-state index contributed by atoms with van der Waals surface area (Å²) < 4.78 is 28.8. The average Bonchev–Trinajstić information content (AvgIpc) is 3.51. The lowest BCUT2D eigenvalue weighted by Gasteiger charge is -2.10. The average molecular weight is 443 g/mol. The van der Waals surface area contributed by atoms with E-state index in [0.717, 1.165) is 28.3 Å². The molecule has 1 aliphatic heterocycles. The maximum Gasteiger partial charge on any atom is 0.223 e. The summed E-state index contributed by atoms with van der Waals surface area (Å²) in [5.41, 5.74) is 5.76. The summed E-state index contributed by atoms with van der Waals surface area (Å²) in [7, 11) is 0. The van der Waals surface area contributed by atoms with Crippen molar-refractivity contribution in [1.29, 1.82) is 0 Å². The van der Waals surface area contributed by atoms with E-state index in [4.69, 9.17) is 9.26 Å². The van der Waals surface area contributed by atoms with Crippen molar-refractivity contribution >= 4 is 0 Å². The van der Waals surface area contributed by atoms with Crippen molar-refractivity contribution in [3.63, 3.8) is 0 Å². The van der Waals surface area contributed by atoms with Gasteiger partial charge in [0.15, 0.2) is 11.6 Å². The maximum atomic E-state index is 14.1. The van der Waals surface area contributed by atoms with Crippen LogP contribution in [0.15, 0.2) is 53.3 Å². The van der Waals surface area contributed by atoms with Gasteiger partial charge in [-0.3, -0.25) is 4.57 Å². The molecule has 5 aromatic rings. The highest BCUT2D eigenvalue weighted by molar-refractivity contribution is 5.62. The highest BCUT2D eigenvalue weighted by Gasteiger charge is 2.28. The van der Waals surface area contributed by atoms with Gasteiger partial charge in [0.05, 0.1) is 22.8 Å². The zero-order valence-corrected chi connectivity index (χ0v) is 17.9. The SMILES string of the molecule is Cc1ccc2c(c1)-n1nnc(COc3ccccc3F)c1Cc1c(-c3noc(C)n3)ncn1-2. The summed E-state index contributed by atoms with van der Waals surface area (Å²) in [5, 5.41) is 12.8. The van der Waals surface area contributed by atoms with Crippen LogP contribution in [0.1, 0.15) is 28.5 Å². The van der Waals surface area contributed by atoms with Gasteiger partial charge in [-0.25, -0.2) is 14.1 Å². The largest absolute Gasteiger partial charge is 0.484 e. The molecule has 0 saturated heterocycles. The molecule has 164 valence electrons. The Kier molecular flexibility index (Phi) is 4.32. The maximum absolute atomic E-state index is 14.1. The number of fused-ring (bicyclic) bond motifs is 5. The van der Waals surface area contributed by atoms with E-state index in [2.05, 4.69) is 25.4 Å². The number of benzene rings is 2. The molecule has 0 amide bonds. The van der Waals surface area contributed by atoms with Crippen LogP contribution in [0.5, 0.6) is 5.75 Å². The monoisotopic (exact) mass is 443 g/mol. The topological polar surface area (TPSA) is 96.7 Å². The highest BCUT2D eigenvalue weighted by Crippen LogP contribution is 2.33. The smallest absolute Gasteiger partial charge is 0.223 e. The second-order valence-corrected chi connectivity index (χ2v) is 7.83. The van der Waals surface area contributed by atoms with Crippen LogP contribution in [-0.4, -0.2) is 34.7 Å². The molecule has 6 rings (SSSR count). The van der Waals surface area contributed by atoms with Gasteiger partial charge in [0.1, 0.15) is 24.3 Å². The molecule has 0 N–H and O–H groups in total. The van der Waals surface area contributed by atoms with Crippen LogP contribution in [0.25, 0.3) is 22.9 Å². The molecule has 0 fully saturated rings. The lowest BCUT2D eigenvalue weighted by molar-refractivity contribution is 0.285. The van der Waals surface area contributed by atoms with Gasteiger partial charge in [-0.2, -0.15) is 4.98 Å². The van der Waals surface area contributed by atoms with Crippen LogP contribution in [0, 0.1) is 19.7 Å². The summed E-state index contributed by atoms with van der Waals surface area (Å²) in [6, 6.07) is 12.4. The Hall–Kier alpha value is -4.34. The number of hydrogen-bond acceptors (Lipinski definition) is 7. The number of ether oxygens (including phenoxy) is 1. The molecule has 0 aliphatic carbocycles. The van der Waals surface area contributed by atoms with E-state index < -0.39 is 5.82 Å². The Morgan fingerprint density at radius 3 is 2.79 bits per heavy atom. The molecule has 2 aromatic carbocycles. The van der Waals surface area contributed by atoms with E-state index >= 15 is 0 Å². The number of nitrogens with zero attached hydrogens (tertiary/aromatic N) is 7. The zero-order chi connectivity index (χ0) is 22.5. The van der Waals surface area contributed by atoms with Gasteiger partial charge in [-0.15, -0.1) is 5.10 Å². The third-order valence-corrected chi connectivity index (χ3v) is 5.60. The number of rotatable bonds is 4. The van der Waals surface area contributed by atoms with E-state index in [1.165, 1.54) is 6.07 Å². The van der Waals surface area contributed by atoms with Crippen LogP contribution >= 0.6 is 0 Å². The molecule has 0 atom stereocenters. The Morgan fingerprint density at radius 1 is 1.09 bits per heavy atom. The van der Waals surface area contributed by atoms with Gasteiger partial charge in [0.25, 0.3) is 0 Å². The molecule has 0 unspecified atom stereocenters. The summed E-state index contributed by atoms with van der Waals surface area (Å²) in [4.78, 5) is 8.94. The first-order valence-electron chi connectivity index (χ1n) is 10.4. The predicted octanol–water partition coefficient (Wildman–Crippen LogP) is 3.74. The lowest BCUT2D eigenvalue weighted by Crippen LogP contribution is -2.06. The minimum atomic E-state index is -0.426. The standard InChI is InChI=1S/C23H18FN7O2/c1-13-7-8-17-19(9-13)31-18(16(27-29-31)11-32-21-6-4-3-5-15(21)24)10-20-22(25-12-30(17)20)23-26-14(2)33-28-23/h3-9,12H,10-11H2,1-2H3. The minimum Gasteiger partial charge on any atom is -0.484 e. The minimum absolute atomic E-state index is 0.0716. The molecule has 3 aromatic heterocycles. The van der Waals surface area contributed by atoms with Gasteiger partial charge in [0, 0.05) is 13.3 Å². The Balaban J connectivity index is 1.48. The molecule has 0 bridgehead atoms. The van der Waals surface area contributed by atoms with Crippen LogP contribution in [0.4, 0.5) is 4.39 Å². The zero-order valence-electron chi connectivity index (χ0n) is 17.9. The van der Waals surface area contributed by atoms with Gasteiger partial charge in [-0.1, -0.05) is 28.6 Å². The second-order valence-electron chi connectivity index (χ2n) is 7.83. The van der Waals surface area contributed by atoms with Crippen molar-refractivity contribution < 1.29 is 13.7 Å². The Bertz CT molecular complexity index is 1500. The fourth-order valence-corrected chi connectivity index (χ4v) is 4.02. The summed E-state index contributed by atoms with van der Waals surface area (Å²) >= 11 is 0. The summed E-state index contributed by atoms with van der Waals surface area (Å²) in [6.45, 7) is 3.83. The Labute approximate surface area is 187 Å². The molecule has 33 heavy (non-hydrogen) atoms. The first-order chi connectivity index (χ1) is 16.1. The summed E-state index contributed by atoms with van der Waals surface area (Å²) in [5.74, 6) is 0.615. The highest BCUT2D eigenvalue weighted by atomic mass is 19.1. The molecule has 1 aliphatic rings. The Morgan fingerprint density at radius 2 is 1.97 bits per heavy atom. The van der Waals surface area contributed by atoms with Crippen molar-refractivity contribution in [2.75, 3.05) is 0 Å². The number of aromatic nitrogens is 7. The first kappa shape index (κ1) is 19.4. The van der Waals surface area contributed by atoms with Gasteiger partial charge in [0.2, 0.25) is 11.7 Å². The van der Waals surface area contributed by atoms with E-state index in [-0.39, 0.29) is 12.4 Å². The third kappa shape index (κ3) is 3.18. The van der Waals surface area contributed by atoms with E-state index in [9.17, 15) is 4.39 Å². The molecule has 9 nitrogen and oxygen atoms in total. The molecule has 10 heteroatoms. The molecule has 0 saturated carbocycles. The van der Waals surface area contributed by atoms with Crippen molar-refractivity contribution in [3.05, 3.63) is 83.1 Å². The van der Waals surface area contributed by atoms with Crippen molar-refractivity contribution in [2.24, 2.45) is 0 Å². The van der Waals surface area contributed by atoms with E-state index in [1.54, 1.807) is 36.1 Å². The molecule has 4 heterocycles. The van der Waals surface area contributed by atoms with Crippen LogP contribution in [0.2, 0.25) is 0 Å². The van der Waals surface area contributed by atoms with Crippen molar-refractivity contribution in [1.82, 2.24) is 34.7 Å². The molecule has 0 spiro atoms. The van der Waals surface area contributed by atoms with Crippen LogP contribution < -0.4 is 4.74 Å². The van der Waals surface area contributed by atoms with E-state index in [0.29, 0.717) is 29.5 Å². The number of imidazole rings is 1. The fourth-order valence-electron chi connectivity index (χ4n) is 4.02. The molecular formula is C23H18FN7O2. The van der Waals surface area contributed by atoms with Gasteiger partial charge in [-0.05, 0) is 36.8 Å². The quantitative estimate of drug-likeness (QED) is 0.409. The van der Waals surface area contributed by atoms with Crippen molar-refractivity contribution in [3.8, 4) is 28.6 Å². The van der Waals surface area contributed by atoms with Gasteiger partial charge >= 0.3 is 0 Å². The molecular weight excluding hydrogens is 425 g/mol. The van der Waals surface area contributed by atoms with Gasteiger partial charge < -0.3 is 9.26 Å². The normalized spacial score (nSPS) is 12.1. The second kappa shape index (κ2) is 7.37. The predicted molar refractivity (Wildman–Crippen MR) is 115 cm³/mol. The number of para-hydroxylation sites is 1. The number of aryl methyl sites for hydroxylation is 2. The van der Waals surface area contributed by atoms with E-state index in [1.807, 2.05) is 29.7 Å². The summed E-state index contributed by atoms with van der Waals surface area (Å²) in [6.07, 6.45) is 2.19. The van der Waals surface area contributed by atoms with Crippen LogP contribution in [-0.2, 0) is 13.0 Å². The number of halogens is 1. The molecule has 0 radical (unpaired) electrons. The lowest BCUT2D eigenvalue weighted by atomic mass is 10.1. The first-order valence-corrected chi connectivity index (χ1v) is 10.4. The van der Waals surface area contributed by atoms with Crippen LogP contribution in [0.3, 0.4) is 0 Å².